The molecule has 0 spiro atoms. The quantitative estimate of drug-likeness (QED) is 0.794. The highest BCUT2D eigenvalue weighted by Gasteiger charge is 2.08. The Balaban J connectivity index is 1.85. The standard InChI is InChI=1S/C16H17FN2O/c17-15-9-8-13(11-14(15)16(18)20)19-10-4-7-12-5-2-1-3-6-12/h1-3,5-6,8-9,11,19H,4,7,10H2,(H2,18,20). The predicted octanol–water partition coefficient (Wildman–Crippen LogP) is 2.97. The van der Waals surface area contributed by atoms with E-state index in [2.05, 4.69) is 17.4 Å². The molecule has 2 aromatic rings. The fraction of sp³-hybridized carbons (Fsp3) is 0.188. The summed E-state index contributed by atoms with van der Waals surface area (Å²) in [6, 6.07) is 14.5. The molecule has 1 amide bonds. The van der Waals surface area contributed by atoms with E-state index in [4.69, 9.17) is 5.73 Å². The normalized spacial score (nSPS) is 10.2. The van der Waals surface area contributed by atoms with E-state index >= 15 is 0 Å². The van der Waals surface area contributed by atoms with Crippen LogP contribution in [0.25, 0.3) is 0 Å². The highest BCUT2D eigenvalue weighted by molar-refractivity contribution is 5.94. The number of halogens is 1. The first kappa shape index (κ1) is 14.1. The van der Waals surface area contributed by atoms with Crippen molar-refractivity contribution in [2.45, 2.75) is 12.8 Å². The van der Waals surface area contributed by atoms with E-state index in [1.165, 1.54) is 17.7 Å². The Morgan fingerprint density at radius 1 is 1.15 bits per heavy atom. The molecule has 0 fully saturated rings. The van der Waals surface area contributed by atoms with Crippen LogP contribution >= 0.6 is 0 Å². The molecule has 104 valence electrons. The number of anilines is 1. The van der Waals surface area contributed by atoms with Gasteiger partial charge in [0.05, 0.1) is 5.56 Å². The molecule has 0 bridgehead atoms. The smallest absolute Gasteiger partial charge is 0.251 e. The molecule has 0 saturated heterocycles. The highest BCUT2D eigenvalue weighted by Crippen LogP contribution is 2.14. The monoisotopic (exact) mass is 272 g/mol. The zero-order valence-corrected chi connectivity index (χ0v) is 11.1. The number of nitrogens with two attached hydrogens (primary N) is 1. The fourth-order valence-electron chi connectivity index (χ4n) is 1.99. The van der Waals surface area contributed by atoms with Crippen molar-refractivity contribution in [3.8, 4) is 0 Å². The zero-order valence-electron chi connectivity index (χ0n) is 11.1. The van der Waals surface area contributed by atoms with Crippen molar-refractivity contribution in [2.75, 3.05) is 11.9 Å². The maximum atomic E-state index is 13.3. The summed E-state index contributed by atoms with van der Waals surface area (Å²) in [4.78, 5) is 11.0. The molecule has 2 rings (SSSR count). The van der Waals surface area contributed by atoms with Gasteiger partial charge in [-0.2, -0.15) is 0 Å². The van der Waals surface area contributed by atoms with Crippen molar-refractivity contribution >= 4 is 11.6 Å². The van der Waals surface area contributed by atoms with E-state index in [1.807, 2.05) is 18.2 Å². The molecule has 0 heterocycles. The third-order valence-electron chi connectivity index (χ3n) is 3.05. The first-order chi connectivity index (χ1) is 9.66. The van der Waals surface area contributed by atoms with E-state index in [1.54, 1.807) is 6.07 Å². The van der Waals surface area contributed by atoms with Crippen molar-refractivity contribution < 1.29 is 9.18 Å². The second-order valence-electron chi connectivity index (χ2n) is 4.57. The minimum absolute atomic E-state index is 0.0851. The average Bonchev–Trinajstić information content (AvgIpc) is 2.46. The molecule has 0 saturated carbocycles. The molecular weight excluding hydrogens is 255 g/mol. The number of primary amides is 1. The molecule has 0 aliphatic carbocycles. The van der Waals surface area contributed by atoms with Crippen LogP contribution in [0.2, 0.25) is 0 Å². The fourth-order valence-corrected chi connectivity index (χ4v) is 1.99. The summed E-state index contributed by atoms with van der Waals surface area (Å²) in [6.07, 6.45) is 1.92. The topological polar surface area (TPSA) is 55.1 Å². The Morgan fingerprint density at radius 2 is 1.90 bits per heavy atom. The summed E-state index contributed by atoms with van der Waals surface area (Å²) in [5.41, 5.74) is 7.01. The first-order valence-electron chi connectivity index (χ1n) is 6.54. The van der Waals surface area contributed by atoms with Gasteiger partial charge in [-0.1, -0.05) is 30.3 Å². The minimum atomic E-state index is -0.754. The summed E-state index contributed by atoms with van der Waals surface area (Å²) in [6.45, 7) is 0.749. The number of hydrogen-bond donors (Lipinski definition) is 2. The van der Waals surface area contributed by atoms with E-state index in [0.29, 0.717) is 5.69 Å². The minimum Gasteiger partial charge on any atom is -0.385 e. The van der Waals surface area contributed by atoms with Crippen LogP contribution in [0.3, 0.4) is 0 Å². The van der Waals surface area contributed by atoms with E-state index in [9.17, 15) is 9.18 Å². The predicted molar refractivity (Wildman–Crippen MR) is 78.2 cm³/mol. The third kappa shape index (κ3) is 3.82. The van der Waals surface area contributed by atoms with Gasteiger partial charge >= 0.3 is 0 Å². The van der Waals surface area contributed by atoms with Crippen LogP contribution in [0.4, 0.5) is 10.1 Å². The summed E-state index contributed by atoms with van der Waals surface area (Å²) >= 11 is 0. The largest absolute Gasteiger partial charge is 0.385 e. The number of nitrogens with one attached hydrogen (secondary N) is 1. The van der Waals surface area contributed by atoms with Gasteiger partial charge in [-0.3, -0.25) is 4.79 Å². The molecule has 3 nitrogen and oxygen atoms in total. The number of benzene rings is 2. The lowest BCUT2D eigenvalue weighted by Gasteiger charge is -2.08. The molecule has 0 unspecified atom stereocenters. The van der Waals surface area contributed by atoms with Gasteiger partial charge in [0.2, 0.25) is 0 Å². The number of carbonyl (C=O) groups is 1. The van der Waals surface area contributed by atoms with Gasteiger partial charge in [0.1, 0.15) is 5.82 Å². The molecule has 0 aliphatic rings. The van der Waals surface area contributed by atoms with Crippen LogP contribution in [-0.2, 0) is 6.42 Å². The van der Waals surface area contributed by atoms with Crippen molar-refractivity contribution in [2.24, 2.45) is 5.73 Å². The molecule has 3 N–H and O–H groups in total. The number of hydrogen-bond acceptors (Lipinski definition) is 2. The lowest BCUT2D eigenvalue weighted by Crippen LogP contribution is -2.14. The van der Waals surface area contributed by atoms with Crippen LogP contribution in [0.5, 0.6) is 0 Å². The Bertz CT molecular complexity index is 584. The molecule has 20 heavy (non-hydrogen) atoms. The summed E-state index contributed by atoms with van der Waals surface area (Å²) in [5.74, 6) is -1.34. The van der Waals surface area contributed by atoms with E-state index < -0.39 is 11.7 Å². The lowest BCUT2D eigenvalue weighted by molar-refractivity contribution is 0.0996. The summed E-state index contributed by atoms with van der Waals surface area (Å²) < 4.78 is 13.3. The SMILES string of the molecule is NC(=O)c1cc(NCCCc2ccccc2)ccc1F. The molecule has 2 aromatic carbocycles. The maximum Gasteiger partial charge on any atom is 0.251 e. The second-order valence-corrected chi connectivity index (χ2v) is 4.57. The number of amides is 1. The highest BCUT2D eigenvalue weighted by atomic mass is 19.1. The molecule has 0 radical (unpaired) electrons. The summed E-state index contributed by atoms with van der Waals surface area (Å²) in [5, 5.41) is 3.16. The van der Waals surface area contributed by atoms with Crippen LogP contribution in [0.15, 0.2) is 48.5 Å². The van der Waals surface area contributed by atoms with Crippen molar-refractivity contribution in [3.05, 3.63) is 65.5 Å². The first-order valence-corrected chi connectivity index (χ1v) is 6.54. The van der Waals surface area contributed by atoms with Gasteiger partial charge in [0.25, 0.3) is 5.91 Å². The average molecular weight is 272 g/mol. The van der Waals surface area contributed by atoms with Crippen LogP contribution in [-0.4, -0.2) is 12.5 Å². The second kappa shape index (κ2) is 6.70. The zero-order chi connectivity index (χ0) is 14.4. The number of aryl methyl sites for hydroxylation is 1. The van der Waals surface area contributed by atoms with Crippen molar-refractivity contribution in [1.82, 2.24) is 0 Å². The van der Waals surface area contributed by atoms with Crippen molar-refractivity contribution in [1.29, 1.82) is 0 Å². The van der Waals surface area contributed by atoms with Crippen LogP contribution < -0.4 is 11.1 Å². The number of carbonyl (C=O) groups excluding carboxylic acids is 1. The van der Waals surface area contributed by atoms with Gasteiger partial charge in [-0.25, -0.2) is 4.39 Å². The molecule has 4 heteroatoms. The van der Waals surface area contributed by atoms with Gasteiger partial charge in [-0.15, -0.1) is 0 Å². The summed E-state index contributed by atoms with van der Waals surface area (Å²) in [7, 11) is 0. The Hall–Kier alpha value is -2.36. The maximum absolute atomic E-state index is 13.3. The van der Waals surface area contributed by atoms with E-state index in [0.717, 1.165) is 19.4 Å². The molecular formula is C16H17FN2O. The number of rotatable bonds is 6. The van der Waals surface area contributed by atoms with Crippen LogP contribution in [0, 0.1) is 5.82 Å². The van der Waals surface area contributed by atoms with Gasteiger partial charge in [0.15, 0.2) is 0 Å². The Morgan fingerprint density at radius 3 is 2.60 bits per heavy atom. The third-order valence-corrected chi connectivity index (χ3v) is 3.05. The van der Waals surface area contributed by atoms with Crippen molar-refractivity contribution in [3.63, 3.8) is 0 Å². The van der Waals surface area contributed by atoms with Gasteiger partial charge in [-0.05, 0) is 36.6 Å². The van der Waals surface area contributed by atoms with Crippen LogP contribution in [0.1, 0.15) is 22.3 Å². The molecule has 0 atom stereocenters. The van der Waals surface area contributed by atoms with Gasteiger partial charge in [0, 0.05) is 12.2 Å². The molecule has 0 aliphatic heterocycles. The Labute approximate surface area is 117 Å². The Kier molecular flexibility index (Phi) is 4.71. The van der Waals surface area contributed by atoms with E-state index in [-0.39, 0.29) is 5.56 Å². The lowest BCUT2D eigenvalue weighted by atomic mass is 10.1. The van der Waals surface area contributed by atoms with Gasteiger partial charge < -0.3 is 11.1 Å². The molecule has 0 aromatic heterocycles.